The summed E-state index contributed by atoms with van der Waals surface area (Å²) in [5, 5.41) is 0.230. The summed E-state index contributed by atoms with van der Waals surface area (Å²) in [5.41, 5.74) is 2.05. The van der Waals surface area contributed by atoms with Crippen molar-refractivity contribution in [3.63, 3.8) is 0 Å². The van der Waals surface area contributed by atoms with E-state index in [1.807, 2.05) is 12.1 Å². The Labute approximate surface area is 176 Å². The normalized spacial score (nSPS) is 12.8. The molecule has 4 nitrogen and oxygen atoms in total. The van der Waals surface area contributed by atoms with Gasteiger partial charge in [0.2, 0.25) is 0 Å². The lowest BCUT2D eigenvalue weighted by atomic mass is 10.1. The van der Waals surface area contributed by atoms with Crippen molar-refractivity contribution in [2.75, 3.05) is 12.0 Å². The Morgan fingerprint density at radius 3 is 2.66 bits per heavy atom. The number of halogens is 2. The Morgan fingerprint density at radius 1 is 1.10 bits per heavy atom. The van der Waals surface area contributed by atoms with Crippen LogP contribution in [-0.4, -0.2) is 19.0 Å². The minimum absolute atomic E-state index is 0.129. The summed E-state index contributed by atoms with van der Waals surface area (Å²) in [4.78, 5) is 28.6. The molecule has 0 saturated carbocycles. The fraction of sp³-hybridized carbons (Fsp3) is 0.0909. The first-order valence-electron chi connectivity index (χ1n) is 8.73. The summed E-state index contributed by atoms with van der Waals surface area (Å²) >= 11 is 7.66. The average Bonchev–Trinajstić information content (AvgIpc) is 2.84. The van der Waals surface area contributed by atoms with Gasteiger partial charge in [-0.05, 0) is 48.0 Å². The van der Waals surface area contributed by atoms with E-state index >= 15 is 0 Å². The molecule has 0 atom stereocenters. The summed E-state index contributed by atoms with van der Waals surface area (Å²) in [6, 6.07) is 16.5. The van der Waals surface area contributed by atoms with Gasteiger partial charge in [-0.2, -0.15) is 0 Å². The molecule has 0 radical (unpaired) electrons. The fourth-order valence-electron chi connectivity index (χ4n) is 3.14. The number of hydrogen-bond acceptors (Lipinski definition) is 4. The Kier molecular flexibility index (Phi) is 5.30. The quantitative estimate of drug-likeness (QED) is 0.512. The fourth-order valence-corrected chi connectivity index (χ4v) is 4.43. The van der Waals surface area contributed by atoms with Gasteiger partial charge in [-0.25, -0.2) is 9.18 Å². The number of methoxy groups -OCH3 is 1. The van der Waals surface area contributed by atoms with Crippen molar-refractivity contribution in [2.45, 2.75) is 16.3 Å². The van der Waals surface area contributed by atoms with Gasteiger partial charge in [0.25, 0.3) is 5.91 Å². The molecule has 29 heavy (non-hydrogen) atoms. The van der Waals surface area contributed by atoms with Crippen LogP contribution >= 0.6 is 23.4 Å². The second kappa shape index (κ2) is 7.89. The van der Waals surface area contributed by atoms with Gasteiger partial charge in [0.15, 0.2) is 0 Å². The van der Waals surface area contributed by atoms with E-state index in [4.69, 9.17) is 16.3 Å². The molecule has 0 saturated heterocycles. The number of fused-ring (bicyclic) bond motifs is 2. The minimum atomic E-state index is -0.494. The van der Waals surface area contributed by atoms with E-state index in [1.54, 1.807) is 41.3 Å². The summed E-state index contributed by atoms with van der Waals surface area (Å²) in [7, 11) is 1.31. The van der Waals surface area contributed by atoms with Gasteiger partial charge in [-0.15, -0.1) is 0 Å². The average molecular weight is 428 g/mol. The molecule has 1 amide bonds. The molecule has 0 unspecified atom stereocenters. The topological polar surface area (TPSA) is 46.6 Å². The zero-order valence-electron chi connectivity index (χ0n) is 15.3. The lowest BCUT2D eigenvalue weighted by molar-refractivity contribution is 0.0600. The predicted molar refractivity (Wildman–Crippen MR) is 110 cm³/mol. The molecule has 146 valence electrons. The first-order valence-corrected chi connectivity index (χ1v) is 9.92. The third-order valence-corrected chi connectivity index (χ3v) is 6.09. The molecule has 4 rings (SSSR count). The molecule has 1 heterocycles. The first-order chi connectivity index (χ1) is 14.0. The van der Waals surface area contributed by atoms with Crippen molar-refractivity contribution in [3.8, 4) is 0 Å². The highest BCUT2D eigenvalue weighted by atomic mass is 35.5. The molecule has 0 aliphatic carbocycles. The third kappa shape index (κ3) is 3.73. The van der Waals surface area contributed by atoms with Crippen LogP contribution in [0.15, 0.2) is 70.5 Å². The van der Waals surface area contributed by atoms with Gasteiger partial charge in [0.05, 0.1) is 30.5 Å². The van der Waals surface area contributed by atoms with E-state index < -0.39 is 11.8 Å². The molecule has 3 aromatic rings. The molecule has 0 aromatic heterocycles. The lowest BCUT2D eigenvalue weighted by Crippen LogP contribution is -2.30. The number of hydrogen-bond donors (Lipinski definition) is 0. The summed E-state index contributed by atoms with van der Waals surface area (Å²) in [6.45, 7) is 0.129. The number of anilines is 1. The number of esters is 1. The van der Waals surface area contributed by atoms with Crippen molar-refractivity contribution >= 4 is 40.9 Å². The number of carbonyl (C=O) groups is 2. The van der Waals surface area contributed by atoms with Crippen molar-refractivity contribution < 1.29 is 18.7 Å². The molecule has 3 aromatic carbocycles. The zero-order chi connectivity index (χ0) is 20.5. The van der Waals surface area contributed by atoms with Crippen molar-refractivity contribution in [1.82, 2.24) is 0 Å². The van der Waals surface area contributed by atoms with Crippen molar-refractivity contribution in [3.05, 3.63) is 88.2 Å². The number of amides is 1. The second-order valence-corrected chi connectivity index (χ2v) is 7.89. The zero-order valence-corrected chi connectivity index (χ0v) is 16.9. The number of nitrogens with zero attached hydrogens (tertiary/aromatic N) is 1. The minimum Gasteiger partial charge on any atom is -0.465 e. The molecule has 1 aliphatic rings. The highest BCUT2D eigenvalue weighted by Gasteiger charge is 2.28. The van der Waals surface area contributed by atoms with Crippen LogP contribution in [0, 0.1) is 5.82 Å². The second-order valence-electron chi connectivity index (χ2n) is 6.40. The van der Waals surface area contributed by atoms with E-state index in [0.717, 1.165) is 9.79 Å². The van der Waals surface area contributed by atoms with Gasteiger partial charge in [-0.3, -0.25) is 4.79 Å². The van der Waals surface area contributed by atoms with Crippen molar-refractivity contribution in [2.24, 2.45) is 0 Å². The van der Waals surface area contributed by atoms with E-state index in [0.29, 0.717) is 22.4 Å². The Balaban J connectivity index is 1.87. The maximum atomic E-state index is 13.5. The van der Waals surface area contributed by atoms with Crippen LogP contribution in [0.1, 0.15) is 26.3 Å². The molecule has 1 aliphatic heterocycles. The van der Waals surface area contributed by atoms with E-state index in [-0.39, 0.29) is 17.5 Å². The van der Waals surface area contributed by atoms with Crippen LogP contribution in [-0.2, 0) is 11.3 Å². The van der Waals surface area contributed by atoms with Gasteiger partial charge in [0, 0.05) is 14.8 Å². The number of benzene rings is 3. The van der Waals surface area contributed by atoms with E-state index in [9.17, 15) is 14.0 Å². The molecule has 0 fully saturated rings. The van der Waals surface area contributed by atoms with Gasteiger partial charge in [0.1, 0.15) is 5.82 Å². The van der Waals surface area contributed by atoms with E-state index in [1.165, 1.54) is 31.0 Å². The number of carbonyl (C=O) groups excluding carboxylic acids is 2. The van der Waals surface area contributed by atoms with Gasteiger partial charge < -0.3 is 9.64 Å². The first kappa shape index (κ1) is 19.5. The van der Waals surface area contributed by atoms with Crippen LogP contribution in [0.25, 0.3) is 0 Å². The van der Waals surface area contributed by atoms with Gasteiger partial charge in [-0.1, -0.05) is 41.6 Å². The predicted octanol–water partition coefficient (Wildman–Crippen LogP) is 5.58. The maximum absolute atomic E-state index is 13.5. The number of rotatable bonds is 3. The van der Waals surface area contributed by atoms with Crippen LogP contribution in [0.4, 0.5) is 10.1 Å². The summed E-state index contributed by atoms with van der Waals surface area (Å²) < 4.78 is 18.3. The molecule has 0 spiro atoms. The van der Waals surface area contributed by atoms with Crippen LogP contribution in [0.5, 0.6) is 0 Å². The SMILES string of the molecule is COC(=O)c1ccc2c(c1)N(Cc1ccc(F)cc1Cl)C(=O)c1ccccc1S2. The third-order valence-electron chi connectivity index (χ3n) is 4.60. The Bertz CT molecular complexity index is 1130. The Hall–Kier alpha value is -2.83. The highest BCUT2D eigenvalue weighted by Crippen LogP contribution is 2.42. The lowest BCUT2D eigenvalue weighted by Gasteiger charge is -2.24. The molecular formula is C22H15ClFNO3S. The summed E-state index contributed by atoms with van der Waals surface area (Å²) in [5.74, 6) is -1.17. The Morgan fingerprint density at radius 2 is 1.90 bits per heavy atom. The molecule has 0 bridgehead atoms. The maximum Gasteiger partial charge on any atom is 0.337 e. The molecule has 7 heteroatoms. The van der Waals surface area contributed by atoms with Crippen molar-refractivity contribution in [1.29, 1.82) is 0 Å². The van der Waals surface area contributed by atoms with Crippen LogP contribution in [0.3, 0.4) is 0 Å². The monoisotopic (exact) mass is 427 g/mol. The largest absolute Gasteiger partial charge is 0.465 e. The molecular weight excluding hydrogens is 413 g/mol. The molecule has 0 N–H and O–H groups in total. The van der Waals surface area contributed by atoms with Gasteiger partial charge >= 0.3 is 5.97 Å². The summed E-state index contributed by atoms with van der Waals surface area (Å²) in [6.07, 6.45) is 0. The highest BCUT2D eigenvalue weighted by molar-refractivity contribution is 7.99. The standard InChI is InChI=1S/C22H15ClFNO3S/c1-28-22(27)13-7-9-20-18(10-13)25(12-14-6-8-15(24)11-17(14)23)21(26)16-4-2-3-5-19(16)29-20/h2-11H,12H2,1H3. The van der Waals surface area contributed by atoms with E-state index in [2.05, 4.69) is 0 Å². The van der Waals surface area contributed by atoms with Crippen LogP contribution < -0.4 is 4.90 Å². The van der Waals surface area contributed by atoms with Crippen LogP contribution in [0.2, 0.25) is 5.02 Å². The smallest absolute Gasteiger partial charge is 0.337 e. The number of ether oxygens (including phenoxy) is 1.